The lowest BCUT2D eigenvalue weighted by Gasteiger charge is -2.43. The van der Waals surface area contributed by atoms with Crippen molar-refractivity contribution in [1.29, 1.82) is 0 Å². The molecule has 0 fully saturated rings. The van der Waals surface area contributed by atoms with Crippen LogP contribution in [-0.4, -0.2) is 26.6 Å². The van der Waals surface area contributed by atoms with Crippen LogP contribution < -0.4 is 10.4 Å². The first-order chi connectivity index (χ1) is 13.7. The van der Waals surface area contributed by atoms with Gasteiger partial charge in [-0.3, -0.25) is 0 Å². The van der Waals surface area contributed by atoms with E-state index in [9.17, 15) is 5.11 Å². The minimum Gasteiger partial charge on any atom is -0.407 e. The summed E-state index contributed by atoms with van der Waals surface area (Å²) >= 11 is 0. The van der Waals surface area contributed by atoms with E-state index in [1.165, 1.54) is 10.4 Å². The minimum atomic E-state index is -2.44. The van der Waals surface area contributed by atoms with E-state index in [4.69, 9.17) is 4.43 Å². The average Bonchev–Trinajstić information content (AvgIpc) is 2.68. The summed E-state index contributed by atoms with van der Waals surface area (Å²) in [6, 6.07) is 21.7. The number of aliphatic hydroxyl groups is 1. The van der Waals surface area contributed by atoms with Crippen LogP contribution in [0.3, 0.4) is 0 Å². The molecule has 29 heavy (non-hydrogen) atoms. The van der Waals surface area contributed by atoms with Crippen molar-refractivity contribution in [3.05, 3.63) is 60.7 Å². The zero-order valence-electron chi connectivity index (χ0n) is 19.2. The largest absolute Gasteiger partial charge is 0.407 e. The van der Waals surface area contributed by atoms with Gasteiger partial charge in [-0.25, -0.2) is 0 Å². The van der Waals surface area contributed by atoms with E-state index in [1.807, 2.05) is 0 Å². The highest BCUT2D eigenvalue weighted by molar-refractivity contribution is 6.99. The van der Waals surface area contributed by atoms with Crippen molar-refractivity contribution in [2.24, 2.45) is 17.8 Å². The molecule has 3 heteroatoms. The molecule has 2 aromatic carbocycles. The van der Waals surface area contributed by atoms with Crippen LogP contribution in [0.25, 0.3) is 0 Å². The van der Waals surface area contributed by atoms with E-state index in [1.54, 1.807) is 0 Å². The van der Waals surface area contributed by atoms with Crippen molar-refractivity contribution < 1.29 is 9.53 Å². The third-order valence-corrected chi connectivity index (χ3v) is 10.9. The van der Waals surface area contributed by atoms with Gasteiger partial charge >= 0.3 is 0 Å². The van der Waals surface area contributed by atoms with Gasteiger partial charge in [0.05, 0.1) is 0 Å². The maximum atomic E-state index is 9.35. The minimum absolute atomic E-state index is 0.0203. The molecule has 3 atom stereocenters. The lowest BCUT2D eigenvalue weighted by molar-refractivity contribution is 0.189. The second-order valence-electron chi connectivity index (χ2n) is 9.94. The molecule has 1 N–H and O–H groups in total. The third kappa shape index (κ3) is 6.03. The van der Waals surface area contributed by atoms with E-state index in [2.05, 4.69) is 102 Å². The molecule has 2 aromatic rings. The summed E-state index contributed by atoms with van der Waals surface area (Å²) in [5.41, 5.74) is 0. The predicted octanol–water partition coefficient (Wildman–Crippen LogP) is 5.24. The summed E-state index contributed by atoms with van der Waals surface area (Å²) in [7, 11) is -2.44. The molecule has 0 spiro atoms. The van der Waals surface area contributed by atoms with Gasteiger partial charge < -0.3 is 9.53 Å². The fourth-order valence-corrected chi connectivity index (χ4v) is 9.33. The van der Waals surface area contributed by atoms with Crippen LogP contribution in [0.4, 0.5) is 0 Å². The molecule has 0 bridgehead atoms. The van der Waals surface area contributed by atoms with Crippen molar-refractivity contribution >= 4 is 18.7 Å². The van der Waals surface area contributed by atoms with Gasteiger partial charge in [0, 0.05) is 13.2 Å². The smallest absolute Gasteiger partial charge is 0.261 e. The van der Waals surface area contributed by atoms with Crippen LogP contribution in [0, 0.1) is 17.8 Å². The van der Waals surface area contributed by atoms with Gasteiger partial charge in [0.25, 0.3) is 8.32 Å². The zero-order chi connectivity index (χ0) is 21.5. The van der Waals surface area contributed by atoms with Gasteiger partial charge in [-0.1, -0.05) is 102 Å². The number of hydrogen-bond acceptors (Lipinski definition) is 2. The van der Waals surface area contributed by atoms with Crippen LogP contribution in [-0.2, 0) is 4.43 Å². The van der Waals surface area contributed by atoms with Crippen molar-refractivity contribution in [2.75, 3.05) is 13.2 Å². The fourth-order valence-electron chi connectivity index (χ4n) is 4.64. The van der Waals surface area contributed by atoms with Crippen LogP contribution in [0.5, 0.6) is 0 Å². The van der Waals surface area contributed by atoms with Crippen LogP contribution in [0.15, 0.2) is 60.7 Å². The highest BCUT2D eigenvalue weighted by Gasteiger charge is 2.50. The summed E-state index contributed by atoms with van der Waals surface area (Å²) in [6.45, 7) is 14.8. The van der Waals surface area contributed by atoms with Crippen LogP contribution in [0.1, 0.15) is 54.4 Å². The first kappa shape index (κ1) is 23.9. The number of rotatable bonds is 10. The number of benzene rings is 2. The molecule has 160 valence electrons. The Bertz CT molecular complexity index is 669. The zero-order valence-corrected chi connectivity index (χ0v) is 20.2. The Labute approximate surface area is 179 Å². The second-order valence-corrected chi connectivity index (χ2v) is 14.2. The van der Waals surface area contributed by atoms with Crippen molar-refractivity contribution in [2.45, 2.75) is 59.4 Å². The van der Waals surface area contributed by atoms with Crippen molar-refractivity contribution in [3.63, 3.8) is 0 Å². The molecule has 2 rings (SSSR count). The maximum Gasteiger partial charge on any atom is 0.261 e. The molecule has 0 heterocycles. The second kappa shape index (κ2) is 10.6. The quantitative estimate of drug-likeness (QED) is 0.541. The Morgan fingerprint density at radius 1 is 0.759 bits per heavy atom. The van der Waals surface area contributed by atoms with E-state index in [0.717, 1.165) is 19.4 Å². The van der Waals surface area contributed by atoms with Gasteiger partial charge in [-0.05, 0) is 46.0 Å². The lowest BCUT2D eigenvalue weighted by atomic mass is 9.90. The van der Waals surface area contributed by atoms with Gasteiger partial charge in [-0.15, -0.1) is 0 Å². The summed E-state index contributed by atoms with van der Waals surface area (Å²) in [6.07, 6.45) is 2.20. The number of aliphatic hydroxyl groups excluding tert-OH is 1. The molecule has 0 radical (unpaired) electrons. The topological polar surface area (TPSA) is 29.5 Å². The van der Waals surface area contributed by atoms with Gasteiger partial charge in [0.2, 0.25) is 0 Å². The molecule has 2 nitrogen and oxygen atoms in total. The van der Waals surface area contributed by atoms with Gasteiger partial charge in [-0.2, -0.15) is 0 Å². The molecule has 0 aliphatic heterocycles. The molecule has 0 unspecified atom stereocenters. The molecule has 0 aliphatic rings. The highest BCUT2D eigenvalue weighted by atomic mass is 28.4. The van der Waals surface area contributed by atoms with E-state index in [0.29, 0.717) is 17.8 Å². The first-order valence-electron chi connectivity index (χ1n) is 11.1. The first-order valence-corrected chi connectivity index (χ1v) is 13.0. The number of hydrogen-bond donors (Lipinski definition) is 1. The van der Waals surface area contributed by atoms with E-state index >= 15 is 0 Å². The monoisotopic (exact) mass is 412 g/mol. The molecular formula is C26H40O2Si. The van der Waals surface area contributed by atoms with E-state index < -0.39 is 8.32 Å². The average molecular weight is 413 g/mol. The van der Waals surface area contributed by atoms with Gasteiger partial charge in [0.15, 0.2) is 0 Å². The standard InChI is InChI=1S/C26H40O2Si/c1-21(17-22(2)19-27)18-23(3)20-28-29(26(4,5)6,24-13-9-7-10-14-24)25-15-11-8-12-16-25/h7-16,21-23,27H,17-20H2,1-6H3/t21-,22+,23+/m0/s1. The molecule has 0 aromatic heterocycles. The third-order valence-electron chi connectivity index (χ3n) is 5.92. The Morgan fingerprint density at radius 2 is 1.21 bits per heavy atom. The molecule has 0 amide bonds. The maximum absolute atomic E-state index is 9.35. The van der Waals surface area contributed by atoms with E-state index in [-0.39, 0.29) is 11.6 Å². The lowest BCUT2D eigenvalue weighted by Crippen LogP contribution is -2.66. The molecule has 0 saturated heterocycles. The molecule has 0 saturated carbocycles. The predicted molar refractivity (Wildman–Crippen MR) is 127 cm³/mol. The highest BCUT2D eigenvalue weighted by Crippen LogP contribution is 2.37. The normalized spacial score (nSPS) is 15.7. The summed E-state index contributed by atoms with van der Waals surface area (Å²) in [5, 5.41) is 12.1. The summed E-state index contributed by atoms with van der Waals surface area (Å²) in [5.74, 6) is 1.45. The molecular weight excluding hydrogens is 372 g/mol. The van der Waals surface area contributed by atoms with Crippen LogP contribution in [0.2, 0.25) is 5.04 Å². The summed E-state index contributed by atoms with van der Waals surface area (Å²) < 4.78 is 7.05. The Balaban J connectivity index is 2.29. The van der Waals surface area contributed by atoms with Crippen molar-refractivity contribution in [3.8, 4) is 0 Å². The Morgan fingerprint density at radius 3 is 1.62 bits per heavy atom. The SMILES string of the molecule is C[C@@H](C[C@@H](C)CO)C[C@@H](C)CO[Si](c1ccccc1)(c1ccccc1)C(C)(C)C. The molecule has 0 aliphatic carbocycles. The van der Waals surface area contributed by atoms with Crippen LogP contribution >= 0.6 is 0 Å². The van der Waals surface area contributed by atoms with Gasteiger partial charge in [0.1, 0.15) is 0 Å². The van der Waals surface area contributed by atoms with Crippen molar-refractivity contribution in [1.82, 2.24) is 0 Å². The summed E-state index contributed by atoms with van der Waals surface area (Å²) in [4.78, 5) is 0. The Hall–Kier alpha value is -1.42. The Kier molecular flexibility index (Phi) is 8.68. The fraction of sp³-hybridized carbons (Fsp3) is 0.538.